The minimum atomic E-state index is -0.0720. The van der Waals surface area contributed by atoms with Crippen molar-refractivity contribution in [3.8, 4) is 23.1 Å². The zero-order chi connectivity index (χ0) is 16.7. The molecule has 0 spiro atoms. The van der Waals surface area contributed by atoms with Gasteiger partial charge in [-0.2, -0.15) is 5.26 Å². The fourth-order valence-corrected chi connectivity index (χ4v) is 2.48. The SMILES string of the molecule is CCCOc1ccc(-c2ccc(CC#N)c(=O)n2CCC)cc1. The van der Waals surface area contributed by atoms with Crippen LogP contribution >= 0.6 is 0 Å². The van der Waals surface area contributed by atoms with Crippen molar-refractivity contribution in [2.75, 3.05) is 6.61 Å². The van der Waals surface area contributed by atoms with E-state index in [1.807, 2.05) is 37.3 Å². The Balaban J connectivity index is 2.40. The predicted octanol–water partition coefficient (Wildman–Crippen LogP) is 3.78. The van der Waals surface area contributed by atoms with Gasteiger partial charge in [0.1, 0.15) is 5.75 Å². The van der Waals surface area contributed by atoms with Crippen molar-refractivity contribution in [2.24, 2.45) is 0 Å². The number of aromatic nitrogens is 1. The molecule has 23 heavy (non-hydrogen) atoms. The van der Waals surface area contributed by atoms with Crippen molar-refractivity contribution < 1.29 is 4.74 Å². The average molecular weight is 310 g/mol. The van der Waals surface area contributed by atoms with Crippen LogP contribution in [0.15, 0.2) is 41.2 Å². The van der Waals surface area contributed by atoms with Gasteiger partial charge in [0.05, 0.1) is 24.8 Å². The van der Waals surface area contributed by atoms with Gasteiger partial charge in [0, 0.05) is 12.1 Å². The summed E-state index contributed by atoms with van der Waals surface area (Å²) in [6, 6.07) is 13.5. The molecule has 0 aliphatic carbocycles. The van der Waals surface area contributed by atoms with Crippen molar-refractivity contribution in [1.82, 2.24) is 4.57 Å². The molecule has 120 valence electrons. The molecule has 4 heteroatoms. The normalized spacial score (nSPS) is 10.3. The second-order valence-electron chi connectivity index (χ2n) is 5.41. The summed E-state index contributed by atoms with van der Waals surface area (Å²) in [4.78, 5) is 12.5. The lowest BCUT2D eigenvalue weighted by atomic mass is 10.1. The average Bonchev–Trinajstić information content (AvgIpc) is 2.57. The van der Waals surface area contributed by atoms with Crippen LogP contribution in [-0.4, -0.2) is 11.2 Å². The molecule has 0 fully saturated rings. The molecule has 4 nitrogen and oxygen atoms in total. The summed E-state index contributed by atoms with van der Waals surface area (Å²) >= 11 is 0. The fraction of sp³-hybridized carbons (Fsp3) is 0.368. The molecule has 1 aromatic carbocycles. The van der Waals surface area contributed by atoms with E-state index in [2.05, 4.69) is 13.0 Å². The van der Waals surface area contributed by atoms with Crippen LogP contribution < -0.4 is 10.3 Å². The summed E-state index contributed by atoms with van der Waals surface area (Å²) in [6.07, 6.45) is 1.98. The number of pyridine rings is 1. The van der Waals surface area contributed by atoms with E-state index >= 15 is 0 Å². The maximum Gasteiger partial charge on any atom is 0.255 e. The number of rotatable bonds is 7. The second-order valence-corrected chi connectivity index (χ2v) is 5.41. The van der Waals surface area contributed by atoms with Gasteiger partial charge in [-0.1, -0.05) is 19.9 Å². The number of benzene rings is 1. The molecule has 0 saturated heterocycles. The minimum absolute atomic E-state index is 0.0720. The predicted molar refractivity (Wildman–Crippen MR) is 91.5 cm³/mol. The van der Waals surface area contributed by atoms with E-state index < -0.39 is 0 Å². The third-order valence-corrected chi connectivity index (χ3v) is 3.59. The van der Waals surface area contributed by atoms with Crippen LogP contribution in [0.4, 0.5) is 0 Å². The quantitative estimate of drug-likeness (QED) is 0.782. The maximum absolute atomic E-state index is 12.5. The number of nitriles is 1. The van der Waals surface area contributed by atoms with E-state index in [-0.39, 0.29) is 12.0 Å². The smallest absolute Gasteiger partial charge is 0.255 e. The summed E-state index contributed by atoms with van der Waals surface area (Å²) in [5, 5.41) is 8.84. The van der Waals surface area contributed by atoms with Crippen LogP contribution in [-0.2, 0) is 13.0 Å². The summed E-state index contributed by atoms with van der Waals surface area (Å²) in [7, 11) is 0. The largest absolute Gasteiger partial charge is 0.494 e. The topological polar surface area (TPSA) is 55.0 Å². The van der Waals surface area contributed by atoms with Crippen LogP contribution in [0, 0.1) is 11.3 Å². The molecular formula is C19H22N2O2. The van der Waals surface area contributed by atoms with Crippen molar-refractivity contribution >= 4 is 0 Å². The van der Waals surface area contributed by atoms with Gasteiger partial charge in [0.25, 0.3) is 5.56 Å². The van der Waals surface area contributed by atoms with Crippen LogP contribution in [0.2, 0.25) is 0 Å². The standard InChI is InChI=1S/C19H22N2O2/c1-3-13-21-18(10-7-16(11-12-20)19(21)22)15-5-8-17(9-6-15)23-14-4-2/h5-10H,3-4,11,13-14H2,1-2H3. The molecule has 2 rings (SSSR count). The highest BCUT2D eigenvalue weighted by Crippen LogP contribution is 2.22. The summed E-state index contributed by atoms with van der Waals surface area (Å²) in [5.74, 6) is 0.834. The molecule has 0 amide bonds. The van der Waals surface area contributed by atoms with Gasteiger partial charge < -0.3 is 9.30 Å². The minimum Gasteiger partial charge on any atom is -0.494 e. The molecule has 0 bridgehead atoms. The number of ether oxygens (including phenoxy) is 1. The van der Waals surface area contributed by atoms with Crippen LogP contribution in [0.1, 0.15) is 32.3 Å². The van der Waals surface area contributed by atoms with Gasteiger partial charge in [-0.15, -0.1) is 0 Å². The molecule has 0 N–H and O–H groups in total. The first-order valence-electron chi connectivity index (χ1n) is 8.04. The van der Waals surface area contributed by atoms with Gasteiger partial charge >= 0.3 is 0 Å². The highest BCUT2D eigenvalue weighted by Gasteiger charge is 2.10. The third kappa shape index (κ3) is 4.01. The lowest BCUT2D eigenvalue weighted by molar-refractivity contribution is 0.317. The lowest BCUT2D eigenvalue weighted by Gasteiger charge is -2.14. The van der Waals surface area contributed by atoms with E-state index in [0.29, 0.717) is 18.7 Å². The van der Waals surface area contributed by atoms with Crippen molar-refractivity contribution in [3.63, 3.8) is 0 Å². The zero-order valence-electron chi connectivity index (χ0n) is 13.7. The summed E-state index contributed by atoms with van der Waals surface area (Å²) in [5.41, 5.74) is 2.33. The summed E-state index contributed by atoms with van der Waals surface area (Å²) < 4.78 is 7.35. The van der Waals surface area contributed by atoms with Gasteiger partial charge in [-0.3, -0.25) is 4.79 Å². The Bertz CT molecular complexity index is 739. The van der Waals surface area contributed by atoms with E-state index in [1.54, 1.807) is 10.6 Å². The van der Waals surface area contributed by atoms with Gasteiger partial charge in [-0.05, 0) is 48.7 Å². The Morgan fingerprint density at radius 3 is 2.43 bits per heavy atom. The Kier molecular flexibility index (Phi) is 5.99. The number of nitrogens with zero attached hydrogens (tertiary/aromatic N) is 2. The molecule has 0 radical (unpaired) electrons. The van der Waals surface area contributed by atoms with E-state index in [0.717, 1.165) is 29.8 Å². The molecule has 0 aliphatic heterocycles. The molecule has 0 aliphatic rings. The molecule has 2 aromatic rings. The highest BCUT2D eigenvalue weighted by molar-refractivity contribution is 5.61. The molecule has 0 unspecified atom stereocenters. The molecule has 1 aromatic heterocycles. The fourth-order valence-electron chi connectivity index (χ4n) is 2.48. The monoisotopic (exact) mass is 310 g/mol. The lowest BCUT2D eigenvalue weighted by Crippen LogP contribution is -2.24. The van der Waals surface area contributed by atoms with Gasteiger partial charge in [-0.25, -0.2) is 0 Å². The summed E-state index contributed by atoms with van der Waals surface area (Å²) in [6.45, 7) is 5.44. The highest BCUT2D eigenvalue weighted by atomic mass is 16.5. The number of hydrogen-bond acceptors (Lipinski definition) is 3. The van der Waals surface area contributed by atoms with Crippen LogP contribution in [0.25, 0.3) is 11.3 Å². The van der Waals surface area contributed by atoms with E-state index in [1.165, 1.54) is 0 Å². The van der Waals surface area contributed by atoms with Crippen LogP contribution in [0.3, 0.4) is 0 Å². The van der Waals surface area contributed by atoms with E-state index in [4.69, 9.17) is 10.00 Å². The molecule has 0 saturated carbocycles. The Morgan fingerprint density at radius 2 is 1.83 bits per heavy atom. The maximum atomic E-state index is 12.5. The Labute approximate surface area is 137 Å². The first-order valence-corrected chi connectivity index (χ1v) is 8.04. The molecule has 0 atom stereocenters. The Morgan fingerprint density at radius 1 is 1.09 bits per heavy atom. The Hall–Kier alpha value is -2.54. The first-order chi connectivity index (χ1) is 11.2. The van der Waals surface area contributed by atoms with Crippen molar-refractivity contribution in [1.29, 1.82) is 5.26 Å². The molecule has 1 heterocycles. The third-order valence-electron chi connectivity index (χ3n) is 3.59. The van der Waals surface area contributed by atoms with Gasteiger partial charge in [0.15, 0.2) is 0 Å². The van der Waals surface area contributed by atoms with Gasteiger partial charge in [0.2, 0.25) is 0 Å². The number of hydrogen-bond donors (Lipinski definition) is 0. The van der Waals surface area contributed by atoms with Crippen LogP contribution in [0.5, 0.6) is 5.75 Å². The van der Waals surface area contributed by atoms with Crippen molar-refractivity contribution in [2.45, 2.75) is 39.7 Å². The zero-order valence-corrected chi connectivity index (χ0v) is 13.7. The first kappa shape index (κ1) is 16.8. The van der Waals surface area contributed by atoms with Crippen molar-refractivity contribution in [3.05, 3.63) is 52.3 Å². The molecular weight excluding hydrogens is 288 g/mol. The second kappa shape index (κ2) is 8.19. The van der Waals surface area contributed by atoms with E-state index in [9.17, 15) is 4.79 Å².